The Labute approximate surface area is 153 Å². The standard InChI is InChI=1S/C22H22O4/c1-16(22(23)26-13-12-25-20-6-4-3-5-7-20)17-8-9-19-15-21(24-2)11-10-18(19)14-17/h3-11,14-16H,12-13H2,1-2H3. The Morgan fingerprint density at radius 3 is 2.38 bits per heavy atom. The van der Waals surface area contributed by atoms with Crippen molar-refractivity contribution < 1.29 is 19.0 Å². The van der Waals surface area contributed by atoms with Gasteiger partial charge in [0.15, 0.2) is 0 Å². The number of benzene rings is 3. The molecule has 0 bridgehead atoms. The van der Waals surface area contributed by atoms with Gasteiger partial charge in [-0.05, 0) is 47.5 Å². The topological polar surface area (TPSA) is 44.8 Å². The third-order valence-electron chi connectivity index (χ3n) is 4.26. The van der Waals surface area contributed by atoms with Gasteiger partial charge < -0.3 is 14.2 Å². The van der Waals surface area contributed by atoms with E-state index in [0.29, 0.717) is 6.61 Å². The molecule has 0 aliphatic rings. The van der Waals surface area contributed by atoms with E-state index in [1.807, 2.05) is 73.7 Å². The smallest absolute Gasteiger partial charge is 0.313 e. The van der Waals surface area contributed by atoms with E-state index in [1.165, 1.54) is 0 Å². The lowest BCUT2D eigenvalue weighted by atomic mass is 9.98. The minimum Gasteiger partial charge on any atom is -0.497 e. The van der Waals surface area contributed by atoms with Crippen LogP contribution in [0.4, 0.5) is 0 Å². The van der Waals surface area contributed by atoms with Crippen molar-refractivity contribution in [2.75, 3.05) is 20.3 Å². The summed E-state index contributed by atoms with van der Waals surface area (Å²) < 4.78 is 16.1. The molecule has 0 saturated heterocycles. The predicted octanol–water partition coefficient (Wildman–Crippen LogP) is 4.57. The van der Waals surface area contributed by atoms with Gasteiger partial charge in [-0.3, -0.25) is 4.79 Å². The normalized spacial score (nSPS) is 11.8. The summed E-state index contributed by atoms with van der Waals surface area (Å²) in [5.41, 5.74) is 0.927. The Kier molecular flexibility index (Phi) is 5.74. The second-order valence-corrected chi connectivity index (χ2v) is 6.02. The van der Waals surface area contributed by atoms with E-state index in [1.54, 1.807) is 7.11 Å². The maximum Gasteiger partial charge on any atom is 0.313 e. The molecule has 1 atom stereocenters. The molecular formula is C22H22O4. The Hall–Kier alpha value is -3.01. The van der Waals surface area contributed by atoms with E-state index in [9.17, 15) is 4.79 Å². The second-order valence-electron chi connectivity index (χ2n) is 6.02. The molecule has 0 fully saturated rings. The third-order valence-corrected chi connectivity index (χ3v) is 4.26. The summed E-state index contributed by atoms with van der Waals surface area (Å²) in [6, 6.07) is 21.3. The Balaban J connectivity index is 1.56. The molecule has 0 N–H and O–H groups in total. The van der Waals surface area contributed by atoms with Gasteiger partial charge in [-0.1, -0.05) is 42.5 Å². The van der Waals surface area contributed by atoms with Crippen LogP contribution in [0.5, 0.6) is 11.5 Å². The van der Waals surface area contributed by atoms with Crippen molar-refractivity contribution in [2.45, 2.75) is 12.8 Å². The molecule has 3 rings (SSSR count). The maximum absolute atomic E-state index is 12.3. The fourth-order valence-corrected chi connectivity index (χ4v) is 2.72. The molecule has 0 aliphatic heterocycles. The Morgan fingerprint density at radius 2 is 1.62 bits per heavy atom. The first kappa shape index (κ1) is 17.8. The molecule has 4 nitrogen and oxygen atoms in total. The largest absolute Gasteiger partial charge is 0.497 e. The highest BCUT2D eigenvalue weighted by Gasteiger charge is 2.17. The third kappa shape index (κ3) is 4.33. The fourth-order valence-electron chi connectivity index (χ4n) is 2.72. The first-order valence-corrected chi connectivity index (χ1v) is 8.59. The van der Waals surface area contributed by atoms with Crippen LogP contribution >= 0.6 is 0 Å². The van der Waals surface area contributed by atoms with Crippen LogP contribution in [0.1, 0.15) is 18.4 Å². The van der Waals surface area contributed by atoms with Gasteiger partial charge >= 0.3 is 5.97 Å². The molecular weight excluding hydrogens is 328 g/mol. The number of carbonyl (C=O) groups excluding carboxylic acids is 1. The summed E-state index contributed by atoms with van der Waals surface area (Å²) in [4.78, 5) is 12.3. The maximum atomic E-state index is 12.3. The fraction of sp³-hybridized carbons (Fsp3) is 0.227. The van der Waals surface area contributed by atoms with Gasteiger partial charge in [0.05, 0.1) is 13.0 Å². The lowest BCUT2D eigenvalue weighted by Crippen LogP contribution is -2.17. The van der Waals surface area contributed by atoms with Gasteiger partial charge in [-0.2, -0.15) is 0 Å². The van der Waals surface area contributed by atoms with E-state index in [2.05, 4.69) is 0 Å². The summed E-state index contributed by atoms with van der Waals surface area (Å²) in [7, 11) is 1.65. The number of carbonyl (C=O) groups is 1. The second kappa shape index (κ2) is 8.39. The van der Waals surface area contributed by atoms with Crippen LogP contribution in [-0.2, 0) is 9.53 Å². The van der Waals surface area contributed by atoms with E-state index >= 15 is 0 Å². The SMILES string of the molecule is COc1ccc2cc(C(C)C(=O)OCCOc3ccccc3)ccc2c1. The van der Waals surface area contributed by atoms with Crippen molar-refractivity contribution in [3.05, 3.63) is 72.3 Å². The lowest BCUT2D eigenvalue weighted by molar-refractivity contribution is -0.145. The molecule has 0 amide bonds. The van der Waals surface area contributed by atoms with Crippen molar-refractivity contribution in [3.63, 3.8) is 0 Å². The van der Waals surface area contributed by atoms with E-state index < -0.39 is 0 Å². The van der Waals surface area contributed by atoms with Crippen molar-refractivity contribution in [1.82, 2.24) is 0 Å². The van der Waals surface area contributed by atoms with E-state index in [0.717, 1.165) is 27.8 Å². The van der Waals surface area contributed by atoms with Gasteiger partial charge in [0, 0.05) is 0 Å². The molecule has 4 heteroatoms. The number of ether oxygens (including phenoxy) is 3. The lowest BCUT2D eigenvalue weighted by Gasteiger charge is -2.13. The van der Waals surface area contributed by atoms with Gasteiger partial charge in [-0.15, -0.1) is 0 Å². The zero-order valence-electron chi connectivity index (χ0n) is 15.0. The number of esters is 1. The summed E-state index contributed by atoms with van der Waals surface area (Å²) in [5.74, 6) is 0.991. The number of hydrogen-bond donors (Lipinski definition) is 0. The Bertz CT molecular complexity index is 874. The predicted molar refractivity (Wildman–Crippen MR) is 102 cm³/mol. The summed E-state index contributed by atoms with van der Waals surface area (Å²) >= 11 is 0. The summed E-state index contributed by atoms with van der Waals surface area (Å²) in [6.07, 6.45) is 0. The van der Waals surface area contributed by atoms with Crippen LogP contribution in [0.15, 0.2) is 66.7 Å². The van der Waals surface area contributed by atoms with Gasteiger partial charge in [0.2, 0.25) is 0 Å². The van der Waals surface area contributed by atoms with E-state index in [4.69, 9.17) is 14.2 Å². The van der Waals surface area contributed by atoms with Crippen LogP contribution < -0.4 is 9.47 Å². The quantitative estimate of drug-likeness (QED) is 0.462. The van der Waals surface area contributed by atoms with Crippen molar-refractivity contribution in [2.24, 2.45) is 0 Å². The molecule has 3 aromatic carbocycles. The zero-order chi connectivity index (χ0) is 18.4. The molecule has 0 saturated carbocycles. The highest BCUT2D eigenvalue weighted by Crippen LogP contribution is 2.25. The highest BCUT2D eigenvalue weighted by atomic mass is 16.6. The van der Waals surface area contributed by atoms with Crippen molar-refractivity contribution in [1.29, 1.82) is 0 Å². The molecule has 0 heterocycles. The van der Waals surface area contributed by atoms with Crippen LogP contribution in [0.3, 0.4) is 0 Å². The molecule has 0 spiro atoms. The van der Waals surface area contributed by atoms with E-state index in [-0.39, 0.29) is 18.5 Å². The minimum absolute atomic E-state index is 0.225. The number of hydrogen-bond acceptors (Lipinski definition) is 4. The zero-order valence-corrected chi connectivity index (χ0v) is 15.0. The molecule has 26 heavy (non-hydrogen) atoms. The first-order valence-electron chi connectivity index (χ1n) is 8.59. The van der Waals surface area contributed by atoms with Crippen molar-refractivity contribution in [3.8, 4) is 11.5 Å². The molecule has 134 valence electrons. The van der Waals surface area contributed by atoms with Crippen LogP contribution in [0.2, 0.25) is 0 Å². The number of fused-ring (bicyclic) bond motifs is 1. The van der Waals surface area contributed by atoms with Crippen molar-refractivity contribution >= 4 is 16.7 Å². The number of methoxy groups -OCH3 is 1. The van der Waals surface area contributed by atoms with Gasteiger partial charge in [0.25, 0.3) is 0 Å². The van der Waals surface area contributed by atoms with Crippen LogP contribution in [0, 0.1) is 0 Å². The molecule has 0 radical (unpaired) electrons. The van der Waals surface area contributed by atoms with Crippen LogP contribution in [-0.4, -0.2) is 26.3 Å². The molecule has 0 aliphatic carbocycles. The first-order chi connectivity index (χ1) is 12.7. The average Bonchev–Trinajstić information content (AvgIpc) is 2.70. The molecule has 3 aromatic rings. The minimum atomic E-state index is -0.335. The highest BCUT2D eigenvalue weighted by molar-refractivity contribution is 5.86. The number of rotatable bonds is 7. The molecule has 0 aromatic heterocycles. The average molecular weight is 350 g/mol. The number of para-hydroxylation sites is 1. The van der Waals surface area contributed by atoms with Gasteiger partial charge in [-0.25, -0.2) is 0 Å². The molecule has 1 unspecified atom stereocenters. The summed E-state index contributed by atoms with van der Waals surface area (Å²) in [5, 5.41) is 2.14. The summed E-state index contributed by atoms with van der Waals surface area (Å²) in [6.45, 7) is 2.41. The Morgan fingerprint density at radius 1 is 0.885 bits per heavy atom. The van der Waals surface area contributed by atoms with Gasteiger partial charge in [0.1, 0.15) is 24.7 Å². The monoisotopic (exact) mass is 350 g/mol. The van der Waals surface area contributed by atoms with Crippen LogP contribution in [0.25, 0.3) is 10.8 Å².